The Morgan fingerprint density at radius 2 is 2.11 bits per heavy atom. The van der Waals surface area contributed by atoms with Gasteiger partial charge in [0.05, 0.1) is 7.11 Å². The third-order valence-corrected chi connectivity index (χ3v) is 2.83. The number of rotatable bonds is 3. The van der Waals surface area contributed by atoms with Crippen LogP contribution in [0.1, 0.15) is 22.8 Å². The van der Waals surface area contributed by atoms with E-state index in [1.54, 1.807) is 4.52 Å². The predicted octanol–water partition coefficient (Wildman–Crippen LogP) is -0.0847. The molecular formula is C11H15N5O2. The number of hydrogen-bond acceptors (Lipinski definition) is 6. The van der Waals surface area contributed by atoms with Crippen LogP contribution >= 0.6 is 0 Å². The molecule has 2 aromatic rings. The predicted molar refractivity (Wildman–Crippen MR) is 63.9 cm³/mol. The number of hydrogen-bond donors (Lipinski definition) is 1. The van der Waals surface area contributed by atoms with Crippen LogP contribution < -0.4 is 5.73 Å². The van der Waals surface area contributed by atoms with Crippen molar-refractivity contribution in [3.8, 4) is 0 Å². The standard InChI is InChI=1S/C11H15N5O2/c1-6-8(5-12)7(2)16-11(13-6)14-9(15-16)4-10(17)18-3/h4-5,12H2,1-3H3. The summed E-state index contributed by atoms with van der Waals surface area (Å²) < 4.78 is 6.19. The van der Waals surface area contributed by atoms with Gasteiger partial charge < -0.3 is 10.5 Å². The van der Waals surface area contributed by atoms with Crippen LogP contribution in [0.25, 0.3) is 5.78 Å². The van der Waals surface area contributed by atoms with Crippen molar-refractivity contribution in [2.24, 2.45) is 5.73 Å². The highest BCUT2D eigenvalue weighted by molar-refractivity contribution is 5.71. The van der Waals surface area contributed by atoms with Gasteiger partial charge in [-0.05, 0) is 13.8 Å². The van der Waals surface area contributed by atoms with Crippen LogP contribution in [-0.4, -0.2) is 32.7 Å². The van der Waals surface area contributed by atoms with Crippen LogP contribution in [0.15, 0.2) is 0 Å². The van der Waals surface area contributed by atoms with Crippen molar-refractivity contribution >= 4 is 11.7 Å². The smallest absolute Gasteiger partial charge is 0.313 e. The Labute approximate surface area is 104 Å². The van der Waals surface area contributed by atoms with E-state index < -0.39 is 0 Å². The van der Waals surface area contributed by atoms with E-state index in [2.05, 4.69) is 19.8 Å². The maximum atomic E-state index is 11.2. The fourth-order valence-electron chi connectivity index (χ4n) is 1.82. The third-order valence-electron chi connectivity index (χ3n) is 2.83. The van der Waals surface area contributed by atoms with E-state index in [4.69, 9.17) is 5.73 Å². The van der Waals surface area contributed by atoms with Crippen LogP contribution in [0, 0.1) is 13.8 Å². The molecule has 0 spiro atoms. The zero-order chi connectivity index (χ0) is 13.3. The molecule has 2 heterocycles. The number of carbonyl (C=O) groups is 1. The maximum absolute atomic E-state index is 11.2. The first-order chi connectivity index (χ1) is 8.56. The SMILES string of the molecule is COC(=O)Cc1nc2nc(C)c(CN)c(C)n2n1. The minimum absolute atomic E-state index is 0.0380. The lowest BCUT2D eigenvalue weighted by Crippen LogP contribution is -2.09. The Morgan fingerprint density at radius 1 is 1.39 bits per heavy atom. The van der Waals surface area contributed by atoms with E-state index in [9.17, 15) is 4.79 Å². The first kappa shape index (κ1) is 12.4. The molecule has 0 saturated heterocycles. The molecule has 7 nitrogen and oxygen atoms in total. The van der Waals surface area contributed by atoms with Crippen molar-refractivity contribution in [2.75, 3.05) is 7.11 Å². The highest BCUT2D eigenvalue weighted by atomic mass is 16.5. The second-order valence-electron chi connectivity index (χ2n) is 3.96. The topological polar surface area (TPSA) is 95.4 Å². The molecule has 2 aromatic heterocycles. The van der Waals surface area contributed by atoms with E-state index in [0.717, 1.165) is 17.0 Å². The Morgan fingerprint density at radius 3 is 2.72 bits per heavy atom. The summed E-state index contributed by atoms with van der Waals surface area (Å²) in [4.78, 5) is 19.7. The number of carbonyl (C=O) groups excluding carboxylic acids is 1. The number of aromatic nitrogens is 4. The van der Waals surface area contributed by atoms with Gasteiger partial charge in [0.25, 0.3) is 5.78 Å². The van der Waals surface area contributed by atoms with Gasteiger partial charge in [-0.2, -0.15) is 4.98 Å². The van der Waals surface area contributed by atoms with Gasteiger partial charge in [-0.3, -0.25) is 4.79 Å². The molecule has 0 aromatic carbocycles. The Balaban J connectivity index is 2.51. The highest BCUT2D eigenvalue weighted by Gasteiger charge is 2.14. The normalized spacial score (nSPS) is 10.9. The van der Waals surface area contributed by atoms with Crippen LogP contribution in [0.5, 0.6) is 0 Å². The van der Waals surface area contributed by atoms with E-state index in [1.807, 2.05) is 13.8 Å². The number of methoxy groups -OCH3 is 1. The number of fused-ring (bicyclic) bond motifs is 1. The largest absolute Gasteiger partial charge is 0.469 e. The van der Waals surface area contributed by atoms with E-state index in [0.29, 0.717) is 18.1 Å². The van der Waals surface area contributed by atoms with Crippen LogP contribution in [0.4, 0.5) is 0 Å². The fraction of sp³-hybridized carbons (Fsp3) is 0.455. The lowest BCUT2D eigenvalue weighted by molar-refractivity contribution is -0.139. The minimum Gasteiger partial charge on any atom is -0.469 e. The third kappa shape index (κ3) is 2.04. The van der Waals surface area contributed by atoms with E-state index >= 15 is 0 Å². The number of ether oxygens (including phenoxy) is 1. The van der Waals surface area contributed by atoms with Crippen LogP contribution in [0.2, 0.25) is 0 Å². The molecule has 2 rings (SSSR count). The molecule has 0 aliphatic heterocycles. The number of nitrogens with zero attached hydrogens (tertiary/aromatic N) is 4. The molecule has 0 aliphatic rings. The molecule has 0 atom stereocenters. The molecule has 2 N–H and O–H groups in total. The molecule has 0 fully saturated rings. The van der Waals surface area contributed by atoms with Crippen molar-refractivity contribution in [1.82, 2.24) is 19.6 Å². The van der Waals surface area contributed by atoms with E-state index in [1.165, 1.54) is 7.11 Å². The molecule has 96 valence electrons. The molecule has 0 bridgehead atoms. The second-order valence-corrected chi connectivity index (χ2v) is 3.96. The monoisotopic (exact) mass is 249 g/mol. The first-order valence-corrected chi connectivity index (χ1v) is 5.55. The fourth-order valence-corrected chi connectivity index (χ4v) is 1.82. The molecule has 0 unspecified atom stereocenters. The lowest BCUT2D eigenvalue weighted by Gasteiger charge is -2.07. The van der Waals surface area contributed by atoms with Gasteiger partial charge in [-0.15, -0.1) is 5.10 Å². The molecule has 0 aliphatic carbocycles. The average Bonchev–Trinajstić information content (AvgIpc) is 2.72. The highest BCUT2D eigenvalue weighted by Crippen LogP contribution is 2.12. The minimum atomic E-state index is -0.376. The molecule has 0 radical (unpaired) electrons. The summed E-state index contributed by atoms with van der Waals surface area (Å²) >= 11 is 0. The van der Waals surface area contributed by atoms with Gasteiger partial charge in [0, 0.05) is 23.5 Å². The summed E-state index contributed by atoms with van der Waals surface area (Å²) in [5.41, 5.74) is 8.34. The van der Waals surface area contributed by atoms with Crippen molar-refractivity contribution < 1.29 is 9.53 Å². The van der Waals surface area contributed by atoms with Gasteiger partial charge in [-0.25, -0.2) is 9.50 Å². The van der Waals surface area contributed by atoms with Crippen molar-refractivity contribution in [3.05, 3.63) is 22.8 Å². The van der Waals surface area contributed by atoms with Gasteiger partial charge in [-0.1, -0.05) is 0 Å². The summed E-state index contributed by atoms with van der Waals surface area (Å²) in [5.74, 6) is 0.492. The number of esters is 1. The van der Waals surface area contributed by atoms with Gasteiger partial charge in [0.1, 0.15) is 6.42 Å². The molecule has 0 amide bonds. The number of nitrogens with two attached hydrogens (primary N) is 1. The second kappa shape index (κ2) is 4.69. The van der Waals surface area contributed by atoms with Crippen molar-refractivity contribution in [2.45, 2.75) is 26.8 Å². The molecule has 7 heteroatoms. The average molecular weight is 249 g/mol. The van der Waals surface area contributed by atoms with Crippen LogP contribution in [0.3, 0.4) is 0 Å². The Bertz CT molecular complexity index is 605. The van der Waals surface area contributed by atoms with Crippen molar-refractivity contribution in [1.29, 1.82) is 0 Å². The van der Waals surface area contributed by atoms with E-state index in [-0.39, 0.29) is 12.4 Å². The molecule has 18 heavy (non-hydrogen) atoms. The molecule has 0 saturated carbocycles. The number of aryl methyl sites for hydroxylation is 2. The van der Waals surface area contributed by atoms with Gasteiger partial charge in [0.2, 0.25) is 0 Å². The molecular weight excluding hydrogens is 234 g/mol. The maximum Gasteiger partial charge on any atom is 0.313 e. The van der Waals surface area contributed by atoms with Gasteiger partial charge >= 0.3 is 5.97 Å². The summed E-state index contributed by atoms with van der Waals surface area (Å²) in [6.45, 7) is 4.18. The zero-order valence-electron chi connectivity index (χ0n) is 10.6. The zero-order valence-corrected chi connectivity index (χ0v) is 10.6. The van der Waals surface area contributed by atoms with Crippen LogP contribution in [-0.2, 0) is 22.5 Å². The Hall–Kier alpha value is -2.02. The summed E-state index contributed by atoms with van der Waals surface area (Å²) in [6, 6.07) is 0. The van der Waals surface area contributed by atoms with Gasteiger partial charge in [0.15, 0.2) is 5.82 Å². The quantitative estimate of drug-likeness (QED) is 0.764. The Kier molecular flexibility index (Phi) is 3.24. The summed E-state index contributed by atoms with van der Waals surface area (Å²) in [7, 11) is 1.33. The van der Waals surface area contributed by atoms with Crippen molar-refractivity contribution in [3.63, 3.8) is 0 Å². The lowest BCUT2D eigenvalue weighted by atomic mass is 10.2. The first-order valence-electron chi connectivity index (χ1n) is 5.55. The summed E-state index contributed by atoms with van der Waals surface area (Å²) in [5, 5.41) is 4.24. The summed E-state index contributed by atoms with van der Waals surface area (Å²) in [6.07, 6.45) is 0.0380.